The van der Waals surface area contributed by atoms with Gasteiger partial charge in [0.05, 0.1) is 21.8 Å². The smallest absolute Gasteiger partial charge is 0.251 e. The quantitative estimate of drug-likeness (QED) is 0.641. The molecule has 2 aromatic rings. The van der Waals surface area contributed by atoms with E-state index in [1.807, 2.05) is 48.0 Å². The predicted molar refractivity (Wildman–Crippen MR) is 121 cm³/mol. The maximum Gasteiger partial charge on any atom is 0.251 e. The Morgan fingerprint density at radius 3 is 2.68 bits per heavy atom. The second-order valence-corrected chi connectivity index (χ2v) is 8.46. The second kappa shape index (κ2) is 9.51. The van der Waals surface area contributed by atoms with Gasteiger partial charge in [0.2, 0.25) is 0 Å². The maximum absolute atomic E-state index is 12.1. The minimum atomic E-state index is -0.430. The van der Waals surface area contributed by atoms with Gasteiger partial charge < -0.3 is 10.4 Å². The van der Waals surface area contributed by atoms with E-state index < -0.39 is 5.54 Å². The number of hydrogen-bond acceptors (Lipinski definition) is 4. The van der Waals surface area contributed by atoms with Gasteiger partial charge in [0.25, 0.3) is 5.91 Å². The molecule has 1 amide bonds. The minimum absolute atomic E-state index is 0.0580. The molecule has 162 valence electrons. The summed E-state index contributed by atoms with van der Waals surface area (Å²) in [6.45, 7) is 6.62. The third-order valence-corrected chi connectivity index (χ3v) is 5.99. The van der Waals surface area contributed by atoms with E-state index in [0.717, 1.165) is 22.5 Å². The lowest BCUT2D eigenvalue weighted by atomic mass is 9.90. The standard InChI is InChI=1S/C24H27ClN4O2/c1-16-21(13-18-5-7-19(8-6-18)23(31)27-11-4-12-30)17(2)29(28-16)24(3)10-9-20(15-26)22(25)14-24/h5-9,14,30H,4,10-13H2,1-3H3,(H,27,31). The molecule has 2 N–H and O–H groups in total. The van der Waals surface area contributed by atoms with Crippen LogP contribution in [0.25, 0.3) is 0 Å². The summed E-state index contributed by atoms with van der Waals surface area (Å²) >= 11 is 6.31. The first-order chi connectivity index (χ1) is 14.8. The molecule has 0 bridgehead atoms. The number of hydrogen-bond donors (Lipinski definition) is 2. The molecule has 6 nitrogen and oxygen atoms in total. The van der Waals surface area contributed by atoms with Crippen molar-refractivity contribution in [1.82, 2.24) is 15.1 Å². The lowest BCUT2D eigenvalue weighted by Crippen LogP contribution is -2.31. The Balaban J connectivity index is 1.79. The molecule has 1 aromatic heterocycles. The van der Waals surface area contributed by atoms with Crippen molar-refractivity contribution < 1.29 is 9.90 Å². The molecular formula is C24H27ClN4O2. The molecule has 0 saturated carbocycles. The van der Waals surface area contributed by atoms with Gasteiger partial charge in [-0.3, -0.25) is 9.48 Å². The normalized spacial score (nSPS) is 18.2. The zero-order chi connectivity index (χ0) is 22.6. The molecule has 1 aliphatic carbocycles. The van der Waals surface area contributed by atoms with Crippen LogP contribution in [-0.2, 0) is 12.0 Å². The summed E-state index contributed by atoms with van der Waals surface area (Å²) in [5.41, 5.74) is 4.90. The summed E-state index contributed by atoms with van der Waals surface area (Å²) in [6, 6.07) is 9.67. The van der Waals surface area contributed by atoms with E-state index >= 15 is 0 Å². The number of nitrogens with one attached hydrogen (secondary N) is 1. The van der Waals surface area contributed by atoms with Crippen LogP contribution in [0.15, 0.2) is 47.0 Å². The monoisotopic (exact) mass is 438 g/mol. The van der Waals surface area contributed by atoms with E-state index in [4.69, 9.17) is 21.8 Å². The molecule has 0 saturated heterocycles. The predicted octanol–water partition coefficient (Wildman–Crippen LogP) is 3.89. The molecule has 1 atom stereocenters. The number of carbonyl (C=O) groups excluding carboxylic acids is 1. The number of aromatic nitrogens is 2. The summed E-state index contributed by atoms with van der Waals surface area (Å²) in [5, 5.41) is 26.0. The van der Waals surface area contributed by atoms with Crippen LogP contribution in [0.3, 0.4) is 0 Å². The Kier molecular flexibility index (Phi) is 6.99. The molecule has 1 unspecified atom stereocenters. The average Bonchev–Trinajstić information content (AvgIpc) is 3.03. The van der Waals surface area contributed by atoms with Crippen LogP contribution in [0.4, 0.5) is 0 Å². The summed E-state index contributed by atoms with van der Waals surface area (Å²) in [5.74, 6) is -0.140. The Labute approximate surface area is 187 Å². The van der Waals surface area contributed by atoms with E-state index in [1.165, 1.54) is 0 Å². The third-order valence-electron chi connectivity index (χ3n) is 5.68. The maximum atomic E-state index is 12.1. The van der Waals surface area contributed by atoms with Crippen molar-refractivity contribution >= 4 is 17.5 Å². The molecular weight excluding hydrogens is 412 g/mol. The Morgan fingerprint density at radius 2 is 2.06 bits per heavy atom. The van der Waals surface area contributed by atoms with Crippen molar-refractivity contribution in [2.24, 2.45) is 0 Å². The zero-order valence-electron chi connectivity index (χ0n) is 18.1. The van der Waals surface area contributed by atoms with E-state index in [2.05, 4.69) is 25.2 Å². The van der Waals surface area contributed by atoms with Crippen LogP contribution in [0, 0.1) is 25.2 Å². The number of nitrogens with zero attached hydrogens (tertiary/aromatic N) is 3. The number of carbonyl (C=O) groups is 1. The summed E-state index contributed by atoms with van der Waals surface area (Å²) < 4.78 is 1.99. The van der Waals surface area contributed by atoms with Crippen LogP contribution in [0.1, 0.15) is 52.6 Å². The molecule has 0 radical (unpaired) electrons. The first-order valence-corrected chi connectivity index (χ1v) is 10.7. The molecule has 0 spiro atoms. The van der Waals surface area contributed by atoms with E-state index in [0.29, 0.717) is 42.0 Å². The minimum Gasteiger partial charge on any atom is -0.396 e. The molecule has 1 aliphatic rings. The van der Waals surface area contributed by atoms with Crippen LogP contribution in [-0.4, -0.2) is 33.9 Å². The number of aliphatic hydroxyl groups is 1. The Hall–Kier alpha value is -2.88. The van der Waals surface area contributed by atoms with Gasteiger partial charge in [0.15, 0.2) is 0 Å². The third kappa shape index (κ3) is 4.90. The van der Waals surface area contributed by atoms with Gasteiger partial charge >= 0.3 is 0 Å². The van der Waals surface area contributed by atoms with Crippen molar-refractivity contribution in [2.75, 3.05) is 13.2 Å². The van der Waals surface area contributed by atoms with Crippen molar-refractivity contribution in [1.29, 1.82) is 5.26 Å². The number of halogens is 1. The van der Waals surface area contributed by atoms with E-state index in [9.17, 15) is 10.1 Å². The first kappa shape index (κ1) is 22.8. The summed E-state index contributed by atoms with van der Waals surface area (Å²) in [4.78, 5) is 12.1. The number of aryl methyl sites for hydroxylation is 1. The first-order valence-electron chi connectivity index (χ1n) is 10.3. The highest BCUT2D eigenvalue weighted by Crippen LogP contribution is 2.35. The molecule has 0 fully saturated rings. The van der Waals surface area contributed by atoms with E-state index in [1.54, 1.807) is 0 Å². The Morgan fingerprint density at radius 1 is 1.35 bits per heavy atom. The van der Waals surface area contributed by atoms with Crippen molar-refractivity contribution in [3.05, 3.63) is 75.1 Å². The molecule has 31 heavy (non-hydrogen) atoms. The molecule has 7 heteroatoms. The fourth-order valence-corrected chi connectivity index (χ4v) is 4.21. The number of rotatable bonds is 7. The van der Waals surface area contributed by atoms with Crippen LogP contribution in [0.2, 0.25) is 0 Å². The number of benzene rings is 1. The van der Waals surface area contributed by atoms with Gasteiger partial charge in [-0.05, 0) is 57.4 Å². The highest BCUT2D eigenvalue weighted by molar-refractivity contribution is 6.32. The highest BCUT2D eigenvalue weighted by atomic mass is 35.5. The number of nitriles is 1. The highest BCUT2D eigenvalue weighted by Gasteiger charge is 2.31. The van der Waals surface area contributed by atoms with Gasteiger partial charge in [-0.15, -0.1) is 0 Å². The van der Waals surface area contributed by atoms with Crippen molar-refractivity contribution in [3.8, 4) is 6.07 Å². The van der Waals surface area contributed by atoms with Gasteiger partial charge in [0.1, 0.15) is 6.07 Å². The zero-order valence-corrected chi connectivity index (χ0v) is 18.8. The summed E-state index contributed by atoms with van der Waals surface area (Å²) in [6.07, 6.45) is 5.66. The average molecular weight is 439 g/mol. The largest absolute Gasteiger partial charge is 0.396 e. The molecule has 3 rings (SSSR count). The van der Waals surface area contributed by atoms with Crippen LogP contribution < -0.4 is 5.32 Å². The molecule has 1 aromatic carbocycles. The van der Waals surface area contributed by atoms with Gasteiger partial charge in [0, 0.05) is 36.4 Å². The van der Waals surface area contributed by atoms with Crippen LogP contribution >= 0.6 is 11.6 Å². The number of allylic oxidation sites excluding steroid dienone is 4. The van der Waals surface area contributed by atoms with Crippen molar-refractivity contribution in [2.45, 2.75) is 45.6 Å². The molecule has 0 aliphatic heterocycles. The van der Waals surface area contributed by atoms with Crippen molar-refractivity contribution in [3.63, 3.8) is 0 Å². The fraction of sp³-hybridized carbons (Fsp3) is 0.375. The number of aliphatic hydroxyl groups excluding tert-OH is 1. The lowest BCUT2D eigenvalue weighted by molar-refractivity contribution is 0.0951. The lowest BCUT2D eigenvalue weighted by Gasteiger charge is -2.30. The Bertz CT molecular complexity index is 1080. The van der Waals surface area contributed by atoms with Gasteiger partial charge in [-0.1, -0.05) is 29.8 Å². The van der Waals surface area contributed by atoms with Gasteiger partial charge in [-0.2, -0.15) is 10.4 Å². The summed E-state index contributed by atoms with van der Waals surface area (Å²) in [7, 11) is 0. The number of amides is 1. The van der Waals surface area contributed by atoms with Crippen LogP contribution in [0.5, 0.6) is 0 Å². The second-order valence-electron chi connectivity index (χ2n) is 8.05. The SMILES string of the molecule is Cc1nn(C2(C)C=C(Cl)C(C#N)=CC2)c(C)c1Cc1ccc(C(=O)NCCCO)cc1. The van der Waals surface area contributed by atoms with Gasteiger partial charge in [-0.25, -0.2) is 0 Å². The topological polar surface area (TPSA) is 90.9 Å². The molecule has 1 heterocycles. The fourth-order valence-electron chi connectivity index (χ4n) is 3.85. The van der Waals surface area contributed by atoms with E-state index in [-0.39, 0.29) is 12.5 Å².